The number of benzene rings is 1. The third kappa shape index (κ3) is 2.66. The lowest BCUT2D eigenvalue weighted by molar-refractivity contribution is 0.0217. The van der Waals surface area contributed by atoms with E-state index < -0.39 is 0 Å². The minimum atomic E-state index is 0.0592. The number of hydrogen-bond acceptors (Lipinski definition) is 4. The Morgan fingerprint density at radius 3 is 2.87 bits per heavy atom. The van der Waals surface area contributed by atoms with E-state index in [9.17, 15) is 4.79 Å². The molecule has 3 fully saturated rings. The van der Waals surface area contributed by atoms with Crippen LogP contribution in [0.15, 0.2) is 18.2 Å². The van der Waals surface area contributed by atoms with Crippen LogP contribution in [0, 0.1) is 5.92 Å². The molecule has 23 heavy (non-hydrogen) atoms. The first-order valence-electron chi connectivity index (χ1n) is 8.60. The molecule has 3 aliphatic rings. The van der Waals surface area contributed by atoms with Crippen molar-refractivity contribution in [1.82, 2.24) is 15.2 Å². The molecule has 2 atom stereocenters. The van der Waals surface area contributed by atoms with Crippen LogP contribution in [0.5, 0.6) is 0 Å². The Bertz CT molecular complexity index is 731. The van der Waals surface area contributed by atoms with E-state index in [0.29, 0.717) is 12.0 Å². The predicted molar refractivity (Wildman–Crippen MR) is 94.0 cm³/mol. The highest BCUT2D eigenvalue weighted by Gasteiger charge is 2.40. The van der Waals surface area contributed by atoms with E-state index >= 15 is 0 Å². The van der Waals surface area contributed by atoms with Crippen LogP contribution in [0.1, 0.15) is 42.1 Å². The SMILES string of the molecule is CCc1nc2ccc(C(=O)N[C@@H]3C4CCN(CC4)[C@H]3C)cc2s1. The highest BCUT2D eigenvalue weighted by atomic mass is 32.1. The minimum absolute atomic E-state index is 0.0592. The van der Waals surface area contributed by atoms with Crippen LogP contribution in [0.2, 0.25) is 0 Å². The Morgan fingerprint density at radius 2 is 2.17 bits per heavy atom. The first-order chi connectivity index (χ1) is 11.2. The summed E-state index contributed by atoms with van der Waals surface area (Å²) in [5.74, 6) is 0.696. The average molecular weight is 329 g/mol. The van der Waals surface area contributed by atoms with E-state index in [0.717, 1.165) is 27.2 Å². The Hall–Kier alpha value is -1.46. The van der Waals surface area contributed by atoms with Gasteiger partial charge in [0.25, 0.3) is 5.91 Å². The Morgan fingerprint density at radius 1 is 1.39 bits per heavy atom. The summed E-state index contributed by atoms with van der Waals surface area (Å²) in [4.78, 5) is 19.8. The number of aromatic nitrogens is 1. The van der Waals surface area contributed by atoms with Gasteiger partial charge in [0.2, 0.25) is 0 Å². The molecule has 4 heterocycles. The molecule has 122 valence electrons. The molecule has 2 aromatic rings. The van der Waals surface area contributed by atoms with E-state index in [1.54, 1.807) is 11.3 Å². The number of hydrogen-bond donors (Lipinski definition) is 1. The summed E-state index contributed by atoms with van der Waals surface area (Å²) in [6, 6.07) is 6.61. The molecule has 5 heteroatoms. The lowest BCUT2D eigenvalue weighted by atomic mass is 9.79. The smallest absolute Gasteiger partial charge is 0.251 e. The van der Waals surface area contributed by atoms with Gasteiger partial charge in [-0.05, 0) is 63.4 Å². The average Bonchev–Trinajstić information content (AvgIpc) is 3.00. The number of nitrogens with zero attached hydrogens (tertiary/aromatic N) is 2. The number of carbonyl (C=O) groups is 1. The van der Waals surface area contributed by atoms with Crippen molar-refractivity contribution in [2.24, 2.45) is 5.92 Å². The molecule has 3 aliphatic heterocycles. The molecule has 3 saturated heterocycles. The Balaban J connectivity index is 1.54. The van der Waals surface area contributed by atoms with Crippen molar-refractivity contribution in [2.75, 3.05) is 13.1 Å². The molecule has 0 unspecified atom stereocenters. The fourth-order valence-electron chi connectivity index (χ4n) is 4.04. The number of piperidine rings is 3. The van der Waals surface area contributed by atoms with Gasteiger partial charge in [0.05, 0.1) is 15.2 Å². The number of aryl methyl sites for hydroxylation is 1. The molecule has 2 bridgehead atoms. The summed E-state index contributed by atoms with van der Waals surface area (Å²) in [6.45, 7) is 6.73. The topological polar surface area (TPSA) is 45.2 Å². The largest absolute Gasteiger partial charge is 0.347 e. The molecule has 1 aromatic carbocycles. The molecular weight excluding hydrogens is 306 g/mol. The van der Waals surface area contributed by atoms with Gasteiger partial charge in [0, 0.05) is 17.6 Å². The van der Waals surface area contributed by atoms with Crippen LogP contribution in [0.3, 0.4) is 0 Å². The second-order valence-corrected chi connectivity index (χ2v) is 7.87. The first kappa shape index (κ1) is 15.1. The molecular formula is C18H23N3OS. The molecule has 4 nitrogen and oxygen atoms in total. The number of amides is 1. The number of carbonyl (C=O) groups excluding carboxylic acids is 1. The molecule has 1 amide bonds. The van der Waals surface area contributed by atoms with Crippen molar-refractivity contribution in [3.8, 4) is 0 Å². The summed E-state index contributed by atoms with van der Waals surface area (Å²) in [5.41, 5.74) is 1.76. The van der Waals surface area contributed by atoms with Crippen LogP contribution < -0.4 is 5.32 Å². The second-order valence-electron chi connectivity index (χ2n) is 6.76. The monoisotopic (exact) mass is 329 g/mol. The van der Waals surface area contributed by atoms with E-state index in [2.05, 4.69) is 29.0 Å². The summed E-state index contributed by atoms with van der Waals surface area (Å²) in [5, 5.41) is 4.43. The summed E-state index contributed by atoms with van der Waals surface area (Å²) in [6.07, 6.45) is 3.37. The minimum Gasteiger partial charge on any atom is -0.347 e. The molecule has 0 aliphatic carbocycles. The van der Waals surface area contributed by atoms with Crippen LogP contribution in [0.4, 0.5) is 0 Å². The first-order valence-corrected chi connectivity index (χ1v) is 9.41. The predicted octanol–water partition coefficient (Wildman–Crippen LogP) is 3.07. The van der Waals surface area contributed by atoms with E-state index in [1.807, 2.05) is 18.2 Å². The van der Waals surface area contributed by atoms with Gasteiger partial charge < -0.3 is 5.32 Å². The Labute approximate surface area is 140 Å². The quantitative estimate of drug-likeness (QED) is 0.941. The maximum Gasteiger partial charge on any atom is 0.251 e. The van der Waals surface area contributed by atoms with Gasteiger partial charge in [-0.2, -0.15) is 0 Å². The van der Waals surface area contributed by atoms with Crippen molar-refractivity contribution in [2.45, 2.75) is 45.2 Å². The van der Waals surface area contributed by atoms with Crippen LogP contribution >= 0.6 is 11.3 Å². The molecule has 0 saturated carbocycles. The van der Waals surface area contributed by atoms with E-state index in [1.165, 1.54) is 25.9 Å². The zero-order chi connectivity index (χ0) is 16.0. The van der Waals surface area contributed by atoms with Gasteiger partial charge in [-0.25, -0.2) is 4.98 Å². The lowest BCUT2D eigenvalue weighted by Crippen LogP contribution is -2.62. The normalized spacial score (nSPS) is 29.8. The third-order valence-electron chi connectivity index (χ3n) is 5.47. The van der Waals surface area contributed by atoms with Gasteiger partial charge in [0.1, 0.15) is 0 Å². The molecule has 5 rings (SSSR count). The fourth-order valence-corrected chi connectivity index (χ4v) is 4.99. The zero-order valence-electron chi connectivity index (χ0n) is 13.7. The van der Waals surface area contributed by atoms with E-state index in [-0.39, 0.29) is 11.9 Å². The van der Waals surface area contributed by atoms with Gasteiger partial charge in [-0.3, -0.25) is 9.69 Å². The van der Waals surface area contributed by atoms with Gasteiger partial charge in [0.15, 0.2) is 0 Å². The number of rotatable bonds is 3. The summed E-state index contributed by atoms with van der Waals surface area (Å²) >= 11 is 1.69. The van der Waals surface area contributed by atoms with Crippen molar-refractivity contribution in [3.63, 3.8) is 0 Å². The standard InChI is InChI=1S/C18H23N3OS/c1-3-16-19-14-5-4-13(10-15(14)23-16)18(22)20-17-11(2)21-8-6-12(17)7-9-21/h4-5,10-12,17H,3,6-9H2,1-2H3,(H,20,22)/t11-,17-/m0/s1. The zero-order valence-corrected chi connectivity index (χ0v) is 14.5. The molecule has 1 aromatic heterocycles. The van der Waals surface area contributed by atoms with Crippen molar-refractivity contribution in [1.29, 1.82) is 0 Å². The highest BCUT2D eigenvalue weighted by molar-refractivity contribution is 7.18. The third-order valence-corrected chi connectivity index (χ3v) is 6.64. The van der Waals surface area contributed by atoms with Crippen LogP contribution in [0.25, 0.3) is 10.2 Å². The van der Waals surface area contributed by atoms with Gasteiger partial charge >= 0.3 is 0 Å². The van der Waals surface area contributed by atoms with Crippen LogP contribution in [-0.2, 0) is 6.42 Å². The Kier molecular flexibility index (Phi) is 3.85. The summed E-state index contributed by atoms with van der Waals surface area (Å²) < 4.78 is 1.11. The van der Waals surface area contributed by atoms with Crippen LogP contribution in [-0.4, -0.2) is 41.0 Å². The maximum absolute atomic E-state index is 12.7. The number of fused-ring (bicyclic) bond motifs is 4. The molecule has 0 radical (unpaired) electrons. The van der Waals surface area contributed by atoms with E-state index in [4.69, 9.17) is 0 Å². The summed E-state index contributed by atoms with van der Waals surface area (Å²) in [7, 11) is 0. The van der Waals surface area contributed by atoms with Crippen molar-refractivity contribution in [3.05, 3.63) is 28.8 Å². The number of nitrogens with one attached hydrogen (secondary N) is 1. The van der Waals surface area contributed by atoms with Crippen molar-refractivity contribution >= 4 is 27.5 Å². The highest BCUT2D eigenvalue weighted by Crippen LogP contribution is 2.32. The molecule has 1 N–H and O–H groups in total. The van der Waals surface area contributed by atoms with Gasteiger partial charge in [-0.15, -0.1) is 11.3 Å². The van der Waals surface area contributed by atoms with Gasteiger partial charge in [-0.1, -0.05) is 6.92 Å². The maximum atomic E-state index is 12.7. The lowest BCUT2D eigenvalue weighted by Gasteiger charge is -2.49. The number of thiazole rings is 1. The second kappa shape index (κ2) is 5.87. The fraction of sp³-hybridized carbons (Fsp3) is 0.556. The van der Waals surface area contributed by atoms with Crippen molar-refractivity contribution < 1.29 is 4.79 Å². The molecule has 0 spiro atoms.